The molecule has 1 aromatic heterocycles. The van der Waals surface area contributed by atoms with Crippen molar-refractivity contribution in [2.75, 3.05) is 7.11 Å². The summed E-state index contributed by atoms with van der Waals surface area (Å²) in [7, 11) is -2.88. The molecule has 3 aromatic rings. The lowest BCUT2D eigenvalue weighted by molar-refractivity contribution is -0.137. The van der Waals surface area contributed by atoms with Gasteiger partial charge in [-0.25, -0.2) is 17.2 Å². The fraction of sp³-hybridized carbons (Fsp3) is 0.400. The summed E-state index contributed by atoms with van der Waals surface area (Å²) in [5.74, 6) is 0.501. The molecule has 0 saturated carbocycles. The van der Waals surface area contributed by atoms with Crippen molar-refractivity contribution in [2.24, 2.45) is 0 Å². The minimum absolute atomic E-state index is 0.283. The van der Waals surface area contributed by atoms with Crippen LogP contribution in [0.15, 0.2) is 47.4 Å². The van der Waals surface area contributed by atoms with Crippen LogP contribution in [-0.4, -0.2) is 37.2 Å². The summed E-state index contributed by atoms with van der Waals surface area (Å²) in [6.07, 6.45) is -4.22. The van der Waals surface area contributed by atoms with Crippen LogP contribution in [0.25, 0.3) is 10.9 Å². The number of hydrogen-bond acceptors (Lipinski definition) is 5. The summed E-state index contributed by atoms with van der Waals surface area (Å²) in [4.78, 5) is 11.9. The van der Waals surface area contributed by atoms with Gasteiger partial charge in [0.25, 0.3) is 10.0 Å². The van der Waals surface area contributed by atoms with Crippen molar-refractivity contribution >= 4 is 27.0 Å². The van der Waals surface area contributed by atoms with Crippen molar-refractivity contribution in [1.82, 2.24) is 9.29 Å². The van der Waals surface area contributed by atoms with Crippen LogP contribution in [0.1, 0.15) is 44.0 Å². The Labute approximate surface area is 207 Å². The van der Waals surface area contributed by atoms with Gasteiger partial charge in [-0.3, -0.25) is 0 Å². The van der Waals surface area contributed by atoms with Crippen LogP contribution in [-0.2, 0) is 33.8 Å². The SMILES string of the molecule is COc1ccc2c(c1)c1c(n2S(=O)(=O)c2cccc(C(F)(F)F)c2)CCC(NC(=O)OC(C)(C)C)C1. The molecular formula is C25H27F3N2O5S. The number of carbonyl (C=O) groups excluding carboxylic acids is 1. The number of fused-ring (bicyclic) bond motifs is 3. The van der Waals surface area contributed by atoms with Crippen molar-refractivity contribution in [1.29, 1.82) is 0 Å². The smallest absolute Gasteiger partial charge is 0.416 e. The van der Waals surface area contributed by atoms with Gasteiger partial charge >= 0.3 is 12.3 Å². The molecule has 0 spiro atoms. The maximum absolute atomic E-state index is 13.7. The Morgan fingerprint density at radius 2 is 1.83 bits per heavy atom. The van der Waals surface area contributed by atoms with Gasteiger partial charge in [-0.2, -0.15) is 13.2 Å². The molecule has 2 aromatic carbocycles. The first-order valence-electron chi connectivity index (χ1n) is 11.3. The molecule has 11 heteroatoms. The van der Waals surface area contributed by atoms with E-state index >= 15 is 0 Å². The van der Waals surface area contributed by atoms with Crippen LogP contribution < -0.4 is 10.1 Å². The largest absolute Gasteiger partial charge is 0.497 e. The number of hydrogen-bond donors (Lipinski definition) is 1. The van der Waals surface area contributed by atoms with Crippen molar-refractivity contribution in [2.45, 2.75) is 62.7 Å². The van der Waals surface area contributed by atoms with Gasteiger partial charge in [0.05, 0.1) is 23.1 Å². The zero-order valence-electron chi connectivity index (χ0n) is 20.3. The second kappa shape index (κ2) is 9.02. The molecule has 1 unspecified atom stereocenters. The van der Waals surface area contributed by atoms with Crippen molar-refractivity contribution in [3.05, 3.63) is 59.3 Å². The normalized spacial score (nSPS) is 16.5. The third-order valence-electron chi connectivity index (χ3n) is 5.94. The lowest BCUT2D eigenvalue weighted by Crippen LogP contribution is -2.42. The molecule has 1 aliphatic rings. The van der Waals surface area contributed by atoms with Gasteiger partial charge in [-0.05, 0) is 82.0 Å². The molecule has 0 fully saturated rings. The molecule has 1 heterocycles. The molecule has 36 heavy (non-hydrogen) atoms. The van der Waals surface area contributed by atoms with Gasteiger partial charge in [0.1, 0.15) is 11.4 Å². The van der Waals surface area contributed by atoms with Gasteiger partial charge in [-0.1, -0.05) is 6.07 Å². The number of ether oxygens (including phenoxy) is 2. The van der Waals surface area contributed by atoms with E-state index in [2.05, 4.69) is 5.32 Å². The molecule has 0 saturated heterocycles. The second-order valence-corrected chi connectivity index (χ2v) is 11.5. The molecule has 1 atom stereocenters. The minimum atomic E-state index is -4.68. The summed E-state index contributed by atoms with van der Waals surface area (Å²) in [5.41, 5.74) is -0.232. The first kappa shape index (κ1) is 25.9. The average Bonchev–Trinajstić information content (AvgIpc) is 3.11. The van der Waals surface area contributed by atoms with Gasteiger partial charge in [-0.15, -0.1) is 0 Å². The van der Waals surface area contributed by atoms with E-state index < -0.39 is 38.4 Å². The number of methoxy groups -OCH3 is 1. The molecular weight excluding hydrogens is 497 g/mol. The van der Waals surface area contributed by atoms with Gasteiger partial charge in [0.15, 0.2) is 0 Å². The third-order valence-corrected chi connectivity index (χ3v) is 7.69. The van der Waals surface area contributed by atoms with E-state index in [4.69, 9.17) is 9.47 Å². The molecule has 7 nitrogen and oxygen atoms in total. The maximum atomic E-state index is 13.7. The Hall–Kier alpha value is -3.21. The number of alkyl halides is 3. The van der Waals surface area contributed by atoms with Crippen LogP contribution >= 0.6 is 0 Å². The Morgan fingerprint density at radius 3 is 2.47 bits per heavy atom. The minimum Gasteiger partial charge on any atom is -0.497 e. The van der Waals surface area contributed by atoms with Crippen molar-refractivity contribution in [3.8, 4) is 5.75 Å². The molecule has 1 aliphatic carbocycles. The Morgan fingerprint density at radius 1 is 1.11 bits per heavy atom. The monoisotopic (exact) mass is 524 g/mol. The predicted octanol–water partition coefficient (Wildman–Crippen LogP) is 5.29. The summed E-state index contributed by atoms with van der Waals surface area (Å²) >= 11 is 0. The van der Waals surface area contributed by atoms with Crippen LogP contribution in [0.3, 0.4) is 0 Å². The number of aromatic nitrogens is 1. The number of benzene rings is 2. The molecule has 0 bridgehead atoms. The summed E-state index contributed by atoms with van der Waals surface area (Å²) in [6, 6.07) is 8.28. The quantitative estimate of drug-likeness (QED) is 0.501. The van der Waals surface area contributed by atoms with E-state index in [1.165, 1.54) is 7.11 Å². The van der Waals surface area contributed by atoms with Gasteiger partial charge < -0.3 is 14.8 Å². The van der Waals surface area contributed by atoms with Crippen molar-refractivity contribution in [3.63, 3.8) is 0 Å². The number of nitrogens with zero attached hydrogens (tertiary/aromatic N) is 1. The van der Waals surface area contributed by atoms with Gasteiger partial charge in [0.2, 0.25) is 0 Å². The molecule has 1 N–H and O–H groups in total. The zero-order chi connectivity index (χ0) is 26.5. The number of carbonyl (C=O) groups is 1. The van der Waals surface area contributed by atoms with E-state index in [9.17, 15) is 26.4 Å². The van der Waals surface area contributed by atoms with E-state index in [-0.39, 0.29) is 12.5 Å². The number of rotatable bonds is 4. The Bertz CT molecular complexity index is 1420. The summed E-state index contributed by atoms with van der Waals surface area (Å²) < 4.78 is 79.1. The number of alkyl carbamates (subject to hydrolysis) is 1. The van der Waals surface area contributed by atoms with E-state index in [0.29, 0.717) is 46.8 Å². The number of nitrogens with one attached hydrogen (secondary N) is 1. The number of halogens is 3. The lowest BCUT2D eigenvalue weighted by atomic mass is 9.91. The molecule has 1 amide bonds. The molecule has 0 radical (unpaired) electrons. The Balaban J connectivity index is 1.81. The van der Waals surface area contributed by atoms with E-state index in [0.717, 1.165) is 22.2 Å². The molecule has 194 valence electrons. The van der Waals surface area contributed by atoms with Crippen LogP contribution in [0.4, 0.5) is 18.0 Å². The fourth-order valence-electron chi connectivity index (χ4n) is 4.43. The summed E-state index contributed by atoms with van der Waals surface area (Å²) in [6.45, 7) is 5.26. The van der Waals surface area contributed by atoms with Crippen LogP contribution in [0.5, 0.6) is 5.75 Å². The highest BCUT2D eigenvalue weighted by molar-refractivity contribution is 7.90. The highest BCUT2D eigenvalue weighted by Crippen LogP contribution is 2.38. The second-order valence-electron chi connectivity index (χ2n) is 9.69. The molecule has 0 aliphatic heterocycles. The molecule has 4 rings (SSSR count). The average molecular weight is 525 g/mol. The predicted molar refractivity (Wildman–Crippen MR) is 128 cm³/mol. The van der Waals surface area contributed by atoms with Crippen molar-refractivity contribution < 1.29 is 35.9 Å². The highest BCUT2D eigenvalue weighted by atomic mass is 32.2. The standard InChI is InChI=1S/C25H27F3N2O5S/c1-24(2,3)35-23(31)29-16-8-10-21-19(13-16)20-14-17(34-4)9-11-22(20)30(21)36(32,33)18-7-5-6-15(12-18)25(26,27)28/h5-7,9,11-12,14,16H,8,10,13H2,1-4H3,(H,29,31). The zero-order valence-corrected chi connectivity index (χ0v) is 21.1. The summed E-state index contributed by atoms with van der Waals surface area (Å²) in [5, 5.41) is 3.43. The first-order chi connectivity index (χ1) is 16.7. The third kappa shape index (κ3) is 5.02. The topological polar surface area (TPSA) is 86.6 Å². The fourth-order valence-corrected chi connectivity index (χ4v) is 6.08. The highest BCUT2D eigenvalue weighted by Gasteiger charge is 2.35. The van der Waals surface area contributed by atoms with E-state index in [1.54, 1.807) is 39.0 Å². The van der Waals surface area contributed by atoms with Crippen LogP contribution in [0, 0.1) is 0 Å². The van der Waals surface area contributed by atoms with E-state index in [1.807, 2.05) is 0 Å². The first-order valence-corrected chi connectivity index (χ1v) is 12.8. The Kier molecular flexibility index (Phi) is 6.48. The number of amides is 1. The van der Waals surface area contributed by atoms with Gasteiger partial charge in [0, 0.05) is 17.1 Å². The maximum Gasteiger partial charge on any atom is 0.416 e. The van der Waals surface area contributed by atoms with Crippen LogP contribution in [0.2, 0.25) is 0 Å². The lowest BCUT2D eigenvalue weighted by Gasteiger charge is -2.27.